The highest BCUT2D eigenvalue weighted by Gasteiger charge is 2.30. The molecule has 0 heterocycles. The normalized spacial score (nSPS) is 27.0. The Labute approximate surface area is 81.7 Å². The molecule has 2 atom stereocenters. The lowest BCUT2D eigenvalue weighted by Gasteiger charge is -2.34. The molecular weight excluding hydrogens is 189 g/mol. The van der Waals surface area contributed by atoms with Crippen molar-refractivity contribution >= 4 is 11.6 Å². The first-order chi connectivity index (χ1) is 6.18. The molecule has 1 saturated carbocycles. The molecule has 1 fully saturated rings. The van der Waals surface area contributed by atoms with Gasteiger partial charge in [0.2, 0.25) is 0 Å². The van der Waals surface area contributed by atoms with E-state index in [1.807, 2.05) is 0 Å². The summed E-state index contributed by atoms with van der Waals surface area (Å²) in [4.78, 5) is 0. The van der Waals surface area contributed by atoms with Crippen LogP contribution in [0.4, 0.5) is 4.39 Å². The summed E-state index contributed by atoms with van der Waals surface area (Å²) < 4.78 is 13.4. The fraction of sp³-hybridized carbons (Fsp3) is 0.400. The van der Waals surface area contributed by atoms with Crippen molar-refractivity contribution in [1.82, 2.24) is 0 Å². The fourth-order valence-corrected chi connectivity index (χ4v) is 1.87. The first kappa shape index (κ1) is 8.97. The Morgan fingerprint density at radius 3 is 2.62 bits per heavy atom. The third-order valence-corrected chi connectivity index (χ3v) is 2.92. The number of benzene rings is 1. The average Bonchev–Trinajstić information content (AvgIpc) is 2.07. The van der Waals surface area contributed by atoms with Crippen LogP contribution in [0.3, 0.4) is 0 Å². The van der Waals surface area contributed by atoms with Gasteiger partial charge in [-0.05, 0) is 30.5 Å². The van der Waals surface area contributed by atoms with Gasteiger partial charge in [-0.3, -0.25) is 0 Å². The van der Waals surface area contributed by atoms with Crippen LogP contribution in [0.2, 0.25) is 5.02 Å². The molecule has 0 spiro atoms. The number of hydrogen-bond acceptors (Lipinski definition) is 1. The predicted octanol–water partition coefficient (Wildman–Crippen LogP) is 2.68. The van der Waals surface area contributed by atoms with Crippen LogP contribution >= 0.6 is 11.6 Å². The Kier molecular flexibility index (Phi) is 2.26. The molecule has 1 aromatic rings. The lowest BCUT2D eigenvalue weighted by molar-refractivity contribution is 0.337. The summed E-state index contributed by atoms with van der Waals surface area (Å²) in [6, 6.07) is 4.92. The third kappa shape index (κ3) is 1.56. The van der Waals surface area contributed by atoms with E-state index in [1.165, 1.54) is 6.07 Å². The first-order valence-electron chi connectivity index (χ1n) is 4.39. The molecule has 0 saturated heterocycles. The molecule has 1 aliphatic carbocycles. The summed E-state index contributed by atoms with van der Waals surface area (Å²) >= 11 is 5.65. The minimum atomic E-state index is -0.229. The predicted molar refractivity (Wildman–Crippen MR) is 51.4 cm³/mol. The minimum absolute atomic E-state index is 0.121. The molecule has 0 aromatic heterocycles. The van der Waals surface area contributed by atoms with Crippen LogP contribution in [-0.4, -0.2) is 6.04 Å². The molecule has 0 aliphatic heterocycles. The summed E-state index contributed by atoms with van der Waals surface area (Å²) in [5.74, 6) is -0.0371. The Bertz CT molecular complexity index is 327. The lowest BCUT2D eigenvalue weighted by Crippen LogP contribution is -2.37. The molecule has 2 unspecified atom stereocenters. The van der Waals surface area contributed by atoms with Crippen molar-refractivity contribution in [2.45, 2.75) is 24.8 Å². The largest absolute Gasteiger partial charge is 0.327 e. The van der Waals surface area contributed by atoms with E-state index in [4.69, 9.17) is 17.3 Å². The van der Waals surface area contributed by atoms with E-state index >= 15 is 0 Å². The van der Waals surface area contributed by atoms with Crippen LogP contribution in [0.1, 0.15) is 24.3 Å². The molecule has 1 nitrogen and oxygen atoms in total. The van der Waals surface area contributed by atoms with E-state index in [-0.39, 0.29) is 17.8 Å². The molecule has 1 aromatic carbocycles. The minimum Gasteiger partial charge on any atom is -0.327 e. The van der Waals surface area contributed by atoms with Crippen LogP contribution in [-0.2, 0) is 0 Å². The van der Waals surface area contributed by atoms with Gasteiger partial charge in [-0.2, -0.15) is 0 Å². The zero-order chi connectivity index (χ0) is 9.42. The summed E-state index contributed by atoms with van der Waals surface area (Å²) in [5.41, 5.74) is 6.47. The topological polar surface area (TPSA) is 26.0 Å². The Morgan fingerprint density at radius 2 is 2.15 bits per heavy atom. The molecule has 2 N–H and O–H groups in total. The molecular formula is C10H11ClFN. The van der Waals surface area contributed by atoms with Crippen molar-refractivity contribution < 1.29 is 4.39 Å². The quantitative estimate of drug-likeness (QED) is 0.740. The van der Waals surface area contributed by atoms with E-state index in [9.17, 15) is 4.39 Å². The van der Waals surface area contributed by atoms with Crippen LogP contribution in [0.15, 0.2) is 18.2 Å². The van der Waals surface area contributed by atoms with Crippen molar-refractivity contribution in [3.63, 3.8) is 0 Å². The van der Waals surface area contributed by atoms with Crippen LogP contribution < -0.4 is 5.73 Å². The van der Waals surface area contributed by atoms with Crippen molar-refractivity contribution in [1.29, 1.82) is 0 Å². The van der Waals surface area contributed by atoms with E-state index < -0.39 is 0 Å². The van der Waals surface area contributed by atoms with Crippen molar-refractivity contribution in [2.24, 2.45) is 5.73 Å². The van der Waals surface area contributed by atoms with Gasteiger partial charge in [0.25, 0.3) is 0 Å². The highest BCUT2D eigenvalue weighted by molar-refractivity contribution is 6.30. The Balaban J connectivity index is 2.30. The number of halogens is 2. The van der Waals surface area contributed by atoms with Gasteiger partial charge in [0.1, 0.15) is 5.82 Å². The van der Waals surface area contributed by atoms with Gasteiger partial charge in [0.15, 0.2) is 0 Å². The highest BCUT2D eigenvalue weighted by Crippen LogP contribution is 2.37. The average molecular weight is 200 g/mol. The zero-order valence-corrected chi connectivity index (χ0v) is 7.89. The van der Waals surface area contributed by atoms with E-state index in [1.54, 1.807) is 12.1 Å². The van der Waals surface area contributed by atoms with Crippen molar-refractivity contribution in [3.8, 4) is 0 Å². The molecule has 3 heteroatoms. The van der Waals surface area contributed by atoms with Crippen LogP contribution in [0, 0.1) is 5.82 Å². The maximum absolute atomic E-state index is 13.4. The summed E-state index contributed by atoms with van der Waals surface area (Å²) in [7, 11) is 0. The maximum Gasteiger partial charge on any atom is 0.128 e. The second-order valence-corrected chi connectivity index (χ2v) is 3.95. The standard InChI is InChI=1S/C10H11ClFN/c11-6-1-2-7(9(12)5-6)8-3-4-10(8)13/h1-2,5,8,10H,3-4,13H2. The fourth-order valence-electron chi connectivity index (χ4n) is 1.71. The van der Waals surface area contributed by atoms with Crippen LogP contribution in [0.5, 0.6) is 0 Å². The summed E-state index contributed by atoms with van der Waals surface area (Å²) in [5, 5.41) is 0.439. The number of hydrogen-bond donors (Lipinski definition) is 1. The zero-order valence-electron chi connectivity index (χ0n) is 7.13. The third-order valence-electron chi connectivity index (χ3n) is 2.69. The van der Waals surface area contributed by atoms with Gasteiger partial charge in [0.05, 0.1) is 0 Å². The number of rotatable bonds is 1. The van der Waals surface area contributed by atoms with Crippen molar-refractivity contribution in [2.75, 3.05) is 0 Å². The molecule has 0 radical (unpaired) electrons. The second-order valence-electron chi connectivity index (χ2n) is 3.51. The SMILES string of the molecule is NC1CCC1c1ccc(Cl)cc1F. The van der Waals surface area contributed by atoms with Crippen molar-refractivity contribution in [3.05, 3.63) is 34.6 Å². The van der Waals surface area contributed by atoms with Gasteiger partial charge in [0, 0.05) is 17.0 Å². The van der Waals surface area contributed by atoms with E-state index in [2.05, 4.69) is 0 Å². The van der Waals surface area contributed by atoms with Gasteiger partial charge < -0.3 is 5.73 Å². The molecule has 70 valence electrons. The molecule has 0 bridgehead atoms. The Hall–Kier alpha value is -0.600. The molecule has 0 amide bonds. The van der Waals surface area contributed by atoms with E-state index in [0.717, 1.165) is 12.8 Å². The molecule has 13 heavy (non-hydrogen) atoms. The molecule has 2 rings (SSSR count). The molecule has 1 aliphatic rings. The lowest BCUT2D eigenvalue weighted by atomic mass is 9.75. The monoisotopic (exact) mass is 199 g/mol. The Morgan fingerprint density at radius 1 is 1.38 bits per heavy atom. The highest BCUT2D eigenvalue weighted by atomic mass is 35.5. The van der Waals surface area contributed by atoms with Gasteiger partial charge >= 0.3 is 0 Å². The van der Waals surface area contributed by atoms with Gasteiger partial charge in [-0.1, -0.05) is 17.7 Å². The van der Waals surface area contributed by atoms with Gasteiger partial charge in [-0.15, -0.1) is 0 Å². The summed E-state index contributed by atoms with van der Waals surface area (Å²) in [6.45, 7) is 0. The summed E-state index contributed by atoms with van der Waals surface area (Å²) in [6.07, 6.45) is 1.98. The first-order valence-corrected chi connectivity index (χ1v) is 4.77. The second kappa shape index (κ2) is 3.28. The van der Waals surface area contributed by atoms with Crippen LogP contribution in [0.25, 0.3) is 0 Å². The van der Waals surface area contributed by atoms with E-state index in [0.29, 0.717) is 10.6 Å². The van der Waals surface area contributed by atoms with Gasteiger partial charge in [-0.25, -0.2) is 4.39 Å². The number of nitrogens with two attached hydrogens (primary N) is 1. The smallest absolute Gasteiger partial charge is 0.128 e. The maximum atomic E-state index is 13.4.